The zero-order valence-electron chi connectivity index (χ0n) is 22.5. The van der Waals surface area contributed by atoms with Crippen LogP contribution in [0.3, 0.4) is 0 Å². The lowest BCUT2D eigenvalue weighted by Crippen LogP contribution is -2.22. The Kier molecular flexibility index (Phi) is 10.2. The van der Waals surface area contributed by atoms with Gasteiger partial charge in [-0.05, 0) is 56.7 Å². The number of halogens is 1. The van der Waals surface area contributed by atoms with E-state index >= 15 is 0 Å². The Hall–Kier alpha value is -3.52. The SMILES string of the molecule is COc1c(C)c2c(c(NC(=O)Nc3ccccc3Cl)c1CC=C(C)CCC(=O)OCCC(C)C)C(=O)OC2. The van der Waals surface area contributed by atoms with Crippen LogP contribution >= 0.6 is 11.6 Å². The minimum atomic E-state index is -0.558. The first-order chi connectivity index (χ1) is 18.1. The van der Waals surface area contributed by atoms with E-state index in [1.165, 1.54) is 0 Å². The van der Waals surface area contributed by atoms with Crippen LogP contribution in [-0.4, -0.2) is 31.7 Å². The van der Waals surface area contributed by atoms with E-state index in [1.54, 1.807) is 31.4 Å². The lowest BCUT2D eigenvalue weighted by atomic mass is 9.93. The van der Waals surface area contributed by atoms with Crippen LogP contribution in [0.4, 0.5) is 16.2 Å². The summed E-state index contributed by atoms with van der Waals surface area (Å²) in [5.41, 5.74) is 4.13. The Morgan fingerprint density at radius 3 is 2.61 bits per heavy atom. The van der Waals surface area contributed by atoms with Gasteiger partial charge < -0.3 is 24.8 Å². The van der Waals surface area contributed by atoms with Crippen LogP contribution in [0.25, 0.3) is 0 Å². The summed E-state index contributed by atoms with van der Waals surface area (Å²) in [5, 5.41) is 5.94. The number of benzene rings is 2. The van der Waals surface area contributed by atoms with Crippen LogP contribution in [0.2, 0.25) is 5.02 Å². The van der Waals surface area contributed by atoms with Crippen molar-refractivity contribution in [1.29, 1.82) is 0 Å². The van der Waals surface area contributed by atoms with Crippen molar-refractivity contribution in [3.8, 4) is 5.75 Å². The summed E-state index contributed by atoms with van der Waals surface area (Å²) >= 11 is 6.19. The maximum Gasteiger partial charge on any atom is 0.341 e. The second kappa shape index (κ2) is 13.3. The molecule has 0 atom stereocenters. The van der Waals surface area contributed by atoms with Crippen LogP contribution in [0.1, 0.15) is 67.1 Å². The lowest BCUT2D eigenvalue weighted by Gasteiger charge is -2.20. The van der Waals surface area contributed by atoms with E-state index in [0.717, 1.165) is 17.6 Å². The molecule has 1 heterocycles. The van der Waals surface area contributed by atoms with Crippen molar-refractivity contribution in [1.82, 2.24) is 0 Å². The van der Waals surface area contributed by atoms with Crippen LogP contribution in [-0.2, 0) is 27.3 Å². The molecule has 0 radical (unpaired) electrons. The number of carbonyl (C=O) groups excluding carboxylic acids is 3. The van der Waals surface area contributed by atoms with Gasteiger partial charge in [-0.15, -0.1) is 0 Å². The average Bonchev–Trinajstić information content (AvgIpc) is 3.26. The zero-order chi connectivity index (χ0) is 27.8. The first kappa shape index (κ1) is 29.0. The molecule has 2 amide bonds. The van der Waals surface area contributed by atoms with Gasteiger partial charge in [0.05, 0.1) is 35.7 Å². The third-order valence-electron chi connectivity index (χ3n) is 6.37. The lowest BCUT2D eigenvalue weighted by molar-refractivity contribution is -0.143. The topological polar surface area (TPSA) is 103 Å². The Morgan fingerprint density at radius 1 is 1.18 bits per heavy atom. The number of para-hydroxylation sites is 1. The van der Waals surface area contributed by atoms with Gasteiger partial charge in [-0.3, -0.25) is 4.79 Å². The highest BCUT2D eigenvalue weighted by molar-refractivity contribution is 6.33. The molecule has 0 aromatic heterocycles. The van der Waals surface area contributed by atoms with Gasteiger partial charge in [0.1, 0.15) is 12.4 Å². The minimum absolute atomic E-state index is 0.102. The quantitative estimate of drug-likeness (QED) is 0.238. The highest BCUT2D eigenvalue weighted by Crippen LogP contribution is 2.41. The molecule has 0 aliphatic carbocycles. The molecule has 1 aliphatic rings. The van der Waals surface area contributed by atoms with Crippen molar-refractivity contribution in [2.24, 2.45) is 5.92 Å². The Labute approximate surface area is 228 Å². The van der Waals surface area contributed by atoms with Gasteiger partial charge in [0.15, 0.2) is 0 Å². The van der Waals surface area contributed by atoms with Gasteiger partial charge in [-0.1, -0.05) is 49.2 Å². The maximum atomic E-state index is 13.0. The van der Waals surface area contributed by atoms with Crippen molar-refractivity contribution in [2.75, 3.05) is 24.4 Å². The number of hydrogen-bond acceptors (Lipinski definition) is 6. The van der Waals surface area contributed by atoms with Crippen LogP contribution in [0, 0.1) is 12.8 Å². The Balaban J connectivity index is 1.84. The number of methoxy groups -OCH3 is 1. The standard InChI is InChI=1S/C29H35ClN2O6/c1-17(2)14-15-37-24(33)13-11-18(3)10-12-20-26(32-29(35)31-23-9-7-6-8-22(23)30)25-21(16-38-28(25)34)19(4)27(20)36-5/h6-10,17H,11-16H2,1-5H3,(H2,31,32,35). The maximum absolute atomic E-state index is 13.0. The van der Waals surface area contributed by atoms with Crippen LogP contribution in [0.5, 0.6) is 5.75 Å². The Morgan fingerprint density at radius 2 is 1.92 bits per heavy atom. The smallest absolute Gasteiger partial charge is 0.341 e. The summed E-state index contributed by atoms with van der Waals surface area (Å²) in [5.74, 6) is 0.296. The fourth-order valence-electron chi connectivity index (χ4n) is 4.18. The van der Waals surface area contributed by atoms with Crippen molar-refractivity contribution >= 4 is 40.9 Å². The predicted octanol–water partition coefficient (Wildman–Crippen LogP) is 6.83. The number of fused-ring (bicyclic) bond motifs is 1. The molecular weight excluding hydrogens is 508 g/mol. The fourth-order valence-corrected chi connectivity index (χ4v) is 4.36. The molecule has 204 valence electrons. The van der Waals surface area contributed by atoms with Crippen LogP contribution in [0.15, 0.2) is 35.9 Å². The number of rotatable bonds is 11. The van der Waals surface area contributed by atoms with E-state index in [2.05, 4.69) is 24.5 Å². The van der Waals surface area contributed by atoms with Crippen molar-refractivity contribution in [3.63, 3.8) is 0 Å². The van der Waals surface area contributed by atoms with Gasteiger partial charge in [0.2, 0.25) is 0 Å². The molecule has 0 spiro atoms. The second-order valence-corrected chi connectivity index (χ2v) is 10.1. The molecule has 0 unspecified atom stereocenters. The molecule has 38 heavy (non-hydrogen) atoms. The number of cyclic esters (lactones) is 1. The number of esters is 2. The van der Waals surface area contributed by atoms with Gasteiger partial charge in [0, 0.05) is 17.5 Å². The molecule has 8 nitrogen and oxygen atoms in total. The third kappa shape index (κ3) is 7.28. The van der Waals surface area contributed by atoms with E-state index < -0.39 is 12.0 Å². The molecule has 3 rings (SSSR count). The van der Waals surface area contributed by atoms with E-state index in [4.69, 9.17) is 25.8 Å². The van der Waals surface area contributed by atoms with Crippen LogP contribution < -0.4 is 15.4 Å². The molecule has 0 saturated heterocycles. The molecule has 2 aromatic rings. The highest BCUT2D eigenvalue weighted by Gasteiger charge is 2.32. The number of carbonyl (C=O) groups is 3. The second-order valence-electron chi connectivity index (χ2n) is 9.66. The van der Waals surface area contributed by atoms with Crippen molar-refractivity contribution in [2.45, 2.75) is 60.0 Å². The average molecular weight is 543 g/mol. The molecule has 0 saturated carbocycles. The van der Waals surface area contributed by atoms with E-state index in [-0.39, 0.29) is 19.0 Å². The molecular formula is C29H35ClN2O6. The van der Waals surface area contributed by atoms with E-state index in [9.17, 15) is 14.4 Å². The molecule has 9 heteroatoms. The van der Waals surface area contributed by atoms with Crippen molar-refractivity contribution < 1.29 is 28.6 Å². The number of hydrogen-bond donors (Lipinski definition) is 2. The molecule has 2 aromatic carbocycles. The number of urea groups is 1. The van der Waals surface area contributed by atoms with Gasteiger partial charge in [0.25, 0.3) is 0 Å². The molecule has 2 N–H and O–H groups in total. The third-order valence-corrected chi connectivity index (χ3v) is 6.70. The minimum Gasteiger partial charge on any atom is -0.496 e. The van der Waals surface area contributed by atoms with E-state index in [0.29, 0.717) is 64.2 Å². The summed E-state index contributed by atoms with van der Waals surface area (Å²) < 4.78 is 16.3. The molecule has 0 bridgehead atoms. The first-order valence-corrected chi connectivity index (χ1v) is 13.0. The number of ether oxygens (including phenoxy) is 3. The number of allylic oxidation sites excluding steroid dienone is 2. The van der Waals surface area contributed by atoms with Gasteiger partial charge in [-0.2, -0.15) is 0 Å². The highest BCUT2D eigenvalue weighted by atomic mass is 35.5. The fraction of sp³-hybridized carbons (Fsp3) is 0.414. The summed E-state index contributed by atoms with van der Waals surface area (Å²) in [6.45, 7) is 8.48. The largest absolute Gasteiger partial charge is 0.496 e. The number of nitrogens with one attached hydrogen (secondary N) is 2. The summed E-state index contributed by atoms with van der Waals surface area (Å²) in [7, 11) is 1.55. The first-order valence-electron chi connectivity index (χ1n) is 12.7. The molecule has 0 fully saturated rings. The number of anilines is 2. The summed E-state index contributed by atoms with van der Waals surface area (Å²) in [6.07, 6.45) is 3.96. The monoisotopic (exact) mass is 542 g/mol. The van der Waals surface area contributed by atoms with Gasteiger partial charge >= 0.3 is 18.0 Å². The van der Waals surface area contributed by atoms with E-state index in [1.807, 2.05) is 19.9 Å². The predicted molar refractivity (Wildman–Crippen MR) is 148 cm³/mol. The zero-order valence-corrected chi connectivity index (χ0v) is 23.3. The molecule has 1 aliphatic heterocycles. The summed E-state index contributed by atoms with van der Waals surface area (Å²) in [4.78, 5) is 37.8. The summed E-state index contributed by atoms with van der Waals surface area (Å²) in [6, 6.07) is 6.30. The Bertz CT molecular complexity index is 1240. The number of amides is 2. The van der Waals surface area contributed by atoms with Crippen molar-refractivity contribution in [3.05, 3.63) is 63.2 Å². The normalized spacial score (nSPS) is 12.7. The van der Waals surface area contributed by atoms with Gasteiger partial charge in [-0.25, -0.2) is 9.59 Å².